The largest absolute Gasteiger partial charge is 0.497 e. The fourth-order valence-electron chi connectivity index (χ4n) is 4.19. The molecule has 4 aromatic rings. The van der Waals surface area contributed by atoms with E-state index in [4.69, 9.17) is 4.74 Å². The number of carboxylic acid groups (broad SMARTS) is 1. The quantitative estimate of drug-likeness (QED) is 0.380. The summed E-state index contributed by atoms with van der Waals surface area (Å²) in [4.78, 5) is 12.4. The maximum absolute atomic E-state index is 12.4. The maximum Gasteiger partial charge on any atom is 0.352 e. The minimum Gasteiger partial charge on any atom is -0.497 e. The van der Waals surface area contributed by atoms with Crippen LogP contribution < -0.4 is 10.1 Å². The van der Waals surface area contributed by atoms with E-state index in [1.54, 1.807) is 7.11 Å². The van der Waals surface area contributed by atoms with Crippen molar-refractivity contribution in [1.29, 1.82) is 0 Å². The molecule has 1 aromatic heterocycles. The Morgan fingerprint density at radius 3 is 2.38 bits per heavy atom. The van der Waals surface area contributed by atoms with E-state index < -0.39 is 5.97 Å². The summed E-state index contributed by atoms with van der Waals surface area (Å²) in [6, 6.07) is 26.0. The SMILES string of the molecule is COc1ccc2c(CNCC(C)c3ccccc3)c(C(=O)O)n(Cc3ccccc3)c2c1. The van der Waals surface area contributed by atoms with E-state index in [1.807, 2.05) is 71.3 Å². The molecule has 4 rings (SSSR count). The van der Waals surface area contributed by atoms with Gasteiger partial charge >= 0.3 is 5.97 Å². The first-order valence-electron chi connectivity index (χ1n) is 10.8. The van der Waals surface area contributed by atoms with Gasteiger partial charge in [0, 0.05) is 36.7 Å². The number of methoxy groups -OCH3 is 1. The lowest BCUT2D eigenvalue weighted by molar-refractivity contribution is 0.0684. The van der Waals surface area contributed by atoms with E-state index in [0.717, 1.165) is 28.6 Å². The van der Waals surface area contributed by atoms with Gasteiger partial charge in [-0.3, -0.25) is 0 Å². The highest BCUT2D eigenvalue weighted by molar-refractivity contribution is 5.98. The van der Waals surface area contributed by atoms with Crippen molar-refractivity contribution in [2.24, 2.45) is 0 Å². The molecule has 0 aliphatic carbocycles. The van der Waals surface area contributed by atoms with Crippen molar-refractivity contribution >= 4 is 16.9 Å². The van der Waals surface area contributed by atoms with Crippen LogP contribution in [-0.2, 0) is 13.1 Å². The summed E-state index contributed by atoms with van der Waals surface area (Å²) in [5.41, 5.74) is 4.28. The Labute approximate surface area is 188 Å². The molecule has 0 radical (unpaired) electrons. The van der Waals surface area contributed by atoms with E-state index in [9.17, 15) is 9.90 Å². The van der Waals surface area contributed by atoms with Crippen LogP contribution in [0, 0.1) is 0 Å². The lowest BCUT2D eigenvalue weighted by atomic mass is 10.0. The van der Waals surface area contributed by atoms with Gasteiger partial charge in [0.15, 0.2) is 0 Å². The van der Waals surface area contributed by atoms with E-state index in [1.165, 1.54) is 5.56 Å². The molecule has 0 aliphatic heterocycles. The van der Waals surface area contributed by atoms with Crippen LogP contribution in [0.3, 0.4) is 0 Å². The monoisotopic (exact) mass is 428 g/mol. The Hall–Kier alpha value is -3.57. The number of benzene rings is 3. The predicted molar refractivity (Wildman–Crippen MR) is 128 cm³/mol. The molecule has 0 spiro atoms. The van der Waals surface area contributed by atoms with Gasteiger partial charge in [-0.25, -0.2) is 4.79 Å². The van der Waals surface area contributed by atoms with E-state index >= 15 is 0 Å². The van der Waals surface area contributed by atoms with Crippen LogP contribution >= 0.6 is 0 Å². The summed E-state index contributed by atoms with van der Waals surface area (Å²) in [5, 5.41) is 14.6. The molecule has 1 atom stereocenters. The number of hydrogen-bond acceptors (Lipinski definition) is 3. The zero-order chi connectivity index (χ0) is 22.5. The van der Waals surface area contributed by atoms with Crippen molar-refractivity contribution in [2.45, 2.75) is 25.9 Å². The number of fused-ring (bicyclic) bond motifs is 1. The number of nitrogens with zero attached hydrogens (tertiary/aromatic N) is 1. The Bertz CT molecular complexity index is 1200. The van der Waals surface area contributed by atoms with Gasteiger partial charge in [0.1, 0.15) is 11.4 Å². The fourth-order valence-corrected chi connectivity index (χ4v) is 4.19. The molecule has 1 heterocycles. The Morgan fingerprint density at radius 2 is 1.72 bits per heavy atom. The third-order valence-corrected chi connectivity index (χ3v) is 5.88. The second kappa shape index (κ2) is 9.71. The van der Waals surface area contributed by atoms with Crippen LogP contribution in [-0.4, -0.2) is 29.3 Å². The summed E-state index contributed by atoms with van der Waals surface area (Å²) in [6.07, 6.45) is 0. The summed E-state index contributed by atoms with van der Waals surface area (Å²) in [6.45, 7) is 3.88. The first-order valence-corrected chi connectivity index (χ1v) is 10.8. The first-order chi connectivity index (χ1) is 15.6. The van der Waals surface area contributed by atoms with Gasteiger partial charge in [-0.15, -0.1) is 0 Å². The lowest BCUT2D eigenvalue weighted by Crippen LogP contribution is -2.21. The van der Waals surface area contributed by atoms with Gasteiger partial charge < -0.3 is 19.7 Å². The molecule has 2 N–H and O–H groups in total. The highest BCUT2D eigenvalue weighted by Gasteiger charge is 2.23. The lowest BCUT2D eigenvalue weighted by Gasteiger charge is -2.13. The molecule has 164 valence electrons. The number of aromatic nitrogens is 1. The van der Waals surface area contributed by atoms with E-state index in [-0.39, 0.29) is 0 Å². The summed E-state index contributed by atoms with van der Waals surface area (Å²) in [5.74, 6) is 0.102. The molecular formula is C27H28N2O3. The number of nitrogens with one attached hydrogen (secondary N) is 1. The predicted octanol–water partition coefficient (Wildman–Crippen LogP) is 5.29. The fraction of sp³-hybridized carbons (Fsp3) is 0.222. The first kappa shape index (κ1) is 21.7. The topological polar surface area (TPSA) is 63.5 Å². The van der Waals surface area contributed by atoms with Crippen LogP contribution in [0.5, 0.6) is 5.75 Å². The molecule has 0 aliphatic rings. The van der Waals surface area contributed by atoms with Crippen molar-refractivity contribution in [1.82, 2.24) is 9.88 Å². The molecular weight excluding hydrogens is 400 g/mol. The Balaban J connectivity index is 1.69. The van der Waals surface area contributed by atoms with Crippen LogP contribution in [0.4, 0.5) is 0 Å². The zero-order valence-corrected chi connectivity index (χ0v) is 18.4. The summed E-state index contributed by atoms with van der Waals surface area (Å²) < 4.78 is 7.30. The zero-order valence-electron chi connectivity index (χ0n) is 18.4. The van der Waals surface area contributed by atoms with Gasteiger partial charge in [0.2, 0.25) is 0 Å². The molecule has 1 unspecified atom stereocenters. The number of hydrogen-bond donors (Lipinski definition) is 2. The minimum absolute atomic E-state index is 0.317. The van der Waals surface area contributed by atoms with Crippen LogP contribution in [0.15, 0.2) is 78.9 Å². The molecule has 3 aromatic carbocycles. The molecule has 5 nitrogen and oxygen atoms in total. The smallest absolute Gasteiger partial charge is 0.352 e. The van der Waals surface area contributed by atoms with Crippen molar-refractivity contribution < 1.29 is 14.6 Å². The maximum atomic E-state index is 12.4. The van der Waals surface area contributed by atoms with Crippen molar-refractivity contribution in [3.63, 3.8) is 0 Å². The molecule has 0 amide bonds. The van der Waals surface area contributed by atoms with Gasteiger partial charge in [0.05, 0.1) is 12.6 Å². The molecule has 0 fully saturated rings. The highest BCUT2D eigenvalue weighted by Crippen LogP contribution is 2.31. The Morgan fingerprint density at radius 1 is 1.03 bits per heavy atom. The number of carbonyl (C=O) groups is 1. The highest BCUT2D eigenvalue weighted by atomic mass is 16.5. The van der Waals surface area contributed by atoms with Crippen LogP contribution in [0.1, 0.15) is 40.0 Å². The minimum atomic E-state index is -0.927. The number of carboxylic acids is 1. The van der Waals surface area contributed by atoms with Crippen molar-refractivity contribution in [3.8, 4) is 5.75 Å². The van der Waals surface area contributed by atoms with E-state index in [2.05, 4.69) is 24.4 Å². The molecule has 32 heavy (non-hydrogen) atoms. The molecule has 0 saturated carbocycles. The van der Waals surface area contributed by atoms with E-state index in [0.29, 0.717) is 30.5 Å². The summed E-state index contributed by atoms with van der Waals surface area (Å²) >= 11 is 0. The number of aromatic carboxylic acids is 1. The second-order valence-corrected chi connectivity index (χ2v) is 8.03. The number of ether oxygens (including phenoxy) is 1. The third-order valence-electron chi connectivity index (χ3n) is 5.88. The van der Waals surface area contributed by atoms with Gasteiger partial charge in [-0.2, -0.15) is 0 Å². The normalized spacial score (nSPS) is 12.1. The van der Waals surface area contributed by atoms with Gasteiger partial charge in [-0.05, 0) is 29.2 Å². The average molecular weight is 429 g/mol. The second-order valence-electron chi connectivity index (χ2n) is 8.03. The van der Waals surface area contributed by atoms with Crippen molar-refractivity contribution in [3.05, 3.63) is 101 Å². The third kappa shape index (κ3) is 4.53. The van der Waals surface area contributed by atoms with Gasteiger partial charge in [-0.1, -0.05) is 67.6 Å². The summed E-state index contributed by atoms with van der Waals surface area (Å²) in [7, 11) is 1.62. The molecule has 0 saturated heterocycles. The standard InChI is InChI=1S/C27H28N2O3/c1-19(21-11-7-4-8-12-21)16-28-17-24-23-14-13-22(32-2)15-25(23)29(26(24)27(30)31)18-20-9-5-3-6-10-20/h3-15,19,28H,16-18H2,1-2H3,(H,30,31). The average Bonchev–Trinajstić information content (AvgIpc) is 3.12. The van der Waals surface area contributed by atoms with Crippen LogP contribution in [0.25, 0.3) is 10.9 Å². The van der Waals surface area contributed by atoms with Gasteiger partial charge in [0.25, 0.3) is 0 Å². The van der Waals surface area contributed by atoms with Crippen LogP contribution in [0.2, 0.25) is 0 Å². The molecule has 5 heteroatoms. The van der Waals surface area contributed by atoms with Crippen molar-refractivity contribution in [2.75, 3.05) is 13.7 Å². The Kier molecular flexibility index (Phi) is 6.57. The molecule has 0 bridgehead atoms. The number of rotatable bonds is 9.